The Balaban J connectivity index is 1.66. The van der Waals surface area contributed by atoms with Crippen molar-refractivity contribution in [3.8, 4) is 22.8 Å². The Morgan fingerprint density at radius 3 is 2.68 bits per heavy atom. The van der Waals surface area contributed by atoms with Gasteiger partial charge >= 0.3 is 0 Å². The summed E-state index contributed by atoms with van der Waals surface area (Å²) < 4.78 is 20.8. The van der Waals surface area contributed by atoms with E-state index in [0.717, 1.165) is 16.8 Å². The number of aromatic nitrogens is 4. The first-order valence-corrected chi connectivity index (χ1v) is 10.5. The molecule has 6 nitrogen and oxygen atoms in total. The number of hydrogen-bond donors (Lipinski definition) is 0. The molecule has 4 rings (SSSR count). The SMILES string of the molecule is COc1ccc(C(=O)CSc2nnc(-c3cccnc3)n2-c2ccccc2C)cc1F. The minimum Gasteiger partial charge on any atom is -0.494 e. The van der Waals surface area contributed by atoms with Gasteiger partial charge in [-0.25, -0.2) is 4.39 Å². The van der Waals surface area contributed by atoms with Crippen LogP contribution in [0.5, 0.6) is 5.75 Å². The van der Waals surface area contributed by atoms with Crippen molar-refractivity contribution in [1.29, 1.82) is 0 Å². The number of benzene rings is 2. The van der Waals surface area contributed by atoms with Gasteiger partial charge in [0.25, 0.3) is 0 Å². The third-order valence-corrected chi connectivity index (χ3v) is 5.64. The molecule has 156 valence electrons. The molecule has 0 unspecified atom stereocenters. The number of ether oxygens (including phenoxy) is 1. The van der Waals surface area contributed by atoms with E-state index in [1.807, 2.05) is 47.9 Å². The highest BCUT2D eigenvalue weighted by atomic mass is 32.2. The largest absolute Gasteiger partial charge is 0.494 e. The number of methoxy groups -OCH3 is 1. The van der Waals surface area contributed by atoms with Gasteiger partial charge < -0.3 is 4.74 Å². The van der Waals surface area contributed by atoms with E-state index in [-0.39, 0.29) is 22.8 Å². The van der Waals surface area contributed by atoms with Gasteiger partial charge in [-0.15, -0.1) is 10.2 Å². The summed E-state index contributed by atoms with van der Waals surface area (Å²) in [5.74, 6) is 0.0367. The first-order chi connectivity index (χ1) is 15.1. The zero-order valence-corrected chi connectivity index (χ0v) is 17.8. The summed E-state index contributed by atoms with van der Waals surface area (Å²) >= 11 is 1.25. The molecule has 0 aliphatic heterocycles. The summed E-state index contributed by atoms with van der Waals surface area (Å²) in [4.78, 5) is 16.8. The van der Waals surface area contributed by atoms with Crippen LogP contribution in [-0.4, -0.2) is 38.4 Å². The Bertz CT molecular complexity index is 1230. The molecule has 0 fully saturated rings. The Hall–Kier alpha value is -3.52. The van der Waals surface area contributed by atoms with E-state index >= 15 is 0 Å². The van der Waals surface area contributed by atoms with Gasteiger partial charge in [-0.05, 0) is 48.9 Å². The molecule has 2 aromatic heterocycles. The number of nitrogens with zero attached hydrogens (tertiary/aromatic N) is 4. The maximum atomic E-state index is 14.0. The zero-order valence-electron chi connectivity index (χ0n) is 16.9. The van der Waals surface area contributed by atoms with E-state index in [9.17, 15) is 9.18 Å². The zero-order chi connectivity index (χ0) is 21.8. The van der Waals surface area contributed by atoms with Crippen molar-refractivity contribution >= 4 is 17.5 Å². The van der Waals surface area contributed by atoms with Gasteiger partial charge in [0.15, 0.2) is 28.3 Å². The van der Waals surface area contributed by atoms with Crippen LogP contribution in [0.2, 0.25) is 0 Å². The maximum Gasteiger partial charge on any atom is 0.196 e. The summed E-state index contributed by atoms with van der Waals surface area (Å²) in [5.41, 5.74) is 3.04. The lowest BCUT2D eigenvalue weighted by Gasteiger charge is -2.12. The molecule has 0 spiro atoms. The summed E-state index contributed by atoms with van der Waals surface area (Å²) in [7, 11) is 1.38. The number of carbonyl (C=O) groups is 1. The number of carbonyl (C=O) groups excluding carboxylic acids is 1. The Morgan fingerprint density at radius 2 is 1.97 bits per heavy atom. The molecule has 31 heavy (non-hydrogen) atoms. The van der Waals surface area contributed by atoms with E-state index in [1.54, 1.807) is 18.5 Å². The molecule has 0 atom stereocenters. The second-order valence-corrected chi connectivity index (χ2v) is 7.67. The number of para-hydroxylation sites is 1. The first-order valence-electron chi connectivity index (χ1n) is 9.50. The fourth-order valence-electron chi connectivity index (χ4n) is 3.13. The van der Waals surface area contributed by atoms with E-state index in [1.165, 1.54) is 31.0 Å². The fourth-order valence-corrected chi connectivity index (χ4v) is 3.97. The molecule has 0 N–H and O–H groups in total. The number of halogens is 1. The van der Waals surface area contributed by atoms with Gasteiger partial charge in [0.05, 0.1) is 18.6 Å². The normalized spacial score (nSPS) is 10.8. The highest BCUT2D eigenvalue weighted by molar-refractivity contribution is 7.99. The predicted octanol–water partition coefficient (Wildman–Crippen LogP) is 4.76. The van der Waals surface area contributed by atoms with Gasteiger partial charge in [-0.2, -0.15) is 0 Å². The Morgan fingerprint density at radius 1 is 1.13 bits per heavy atom. The summed E-state index contributed by atoms with van der Waals surface area (Å²) in [6.45, 7) is 2.00. The highest BCUT2D eigenvalue weighted by Crippen LogP contribution is 2.29. The lowest BCUT2D eigenvalue weighted by molar-refractivity contribution is 0.102. The predicted molar refractivity (Wildman–Crippen MR) is 117 cm³/mol. The van der Waals surface area contributed by atoms with E-state index in [2.05, 4.69) is 15.2 Å². The van der Waals surface area contributed by atoms with Crippen LogP contribution in [0.15, 0.2) is 72.1 Å². The Kier molecular flexibility index (Phi) is 6.08. The quantitative estimate of drug-likeness (QED) is 0.309. The Labute approximate surface area is 183 Å². The van der Waals surface area contributed by atoms with Crippen LogP contribution < -0.4 is 4.74 Å². The minimum absolute atomic E-state index is 0.0861. The molecular weight excluding hydrogens is 415 g/mol. The third kappa shape index (κ3) is 4.34. The summed E-state index contributed by atoms with van der Waals surface area (Å²) in [6, 6.07) is 15.8. The molecule has 0 radical (unpaired) electrons. The second kappa shape index (κ2) is 9.09. The lowest BCUT2D eigenvalue weighted by atomic mass is 10.1. The summed E-state index contributed by atoms with van der Waals surface area (Å²) in [5, 5.41) is 9.24. The highest BCUT2D eigenvalue weighted by Gasteiger charge is 2.19. The number of aryl methyl sites for hydroxylation is 1. The van der Waals surface area contributed by atoms with E-state index in [0.29, 0.717) is 11.0 Å². The van der Waals surface area contributed by atoms with Crippen molar-refractivity contribution in [3.05, 3.63) is 83.9 Å². The van der Waals surface area contributed by atoms with Gasteiger partial charge in [-0.3, -0.25) is 14.3 Å². The molecule has 0 amide bonds. The van der Waals surface area contributed by atoms with Crippen molar-refractivity contribution in [3.63, 3.8) is 0 Å². The fraction of sp³-hybridized carbons (Fsp3) is 0.130. The molecule has 0 saturated heterocycles. The number of Topliss-reactive ketones (excluding diaryl/α,β-unsaturated/α-hetero) is 1. The van der Waals surface area contributed by atoms with Crippen molar-refractivity contribution < 1.29 is 13.9 Å². The van der Waals surface area contributed by atoms with Crippen LogP contribution in [-0.2, 0) is 0 Å². The van der Waals surface area contributed by atoms with Crippen LogP contribution in [0, 0.1) is 12.7 Å². The molecule has 0 aliphatic rings. The van der Waals surface area contributed by atoms with Crippen LogP contribution in [0.4, 0.5) is 4.39 Å². The maximum absolute atomic E-state index is 14.0. The molecule has 2 aromatic carbocycles. The smallest absolute Gasteiger partial charge is 0.196 e. The second-order valence-electron chi connectivity index (χ2n) is 6.73. The van der Waals surface area contributed by atoms with Gasteiger partial charge in [0.2, 0.25) is 0 Å². The van der Waals surface area contributed by atoms with E-state index in [4.69, 9.17) is 4.74 Å². The van der Waals surface area contributed by atoms with Crippen LogP contribution in [0.3, 0.4) is 0 Å². The molecule has 0 bridgehead atoms. The van der Waals surface area contributed by atoms with E-state index < -0.39 is 5.82 Å². The molecular formula is C23H19FN4O2S. The monoisotopic (exact) mass is 434 g/mol. The van der Waals surface area contributed by atoms with Crippen LogP contribution in [0.1, 0.15) is 15.9 Å². The van der Waals surface area contributed by atoms with Crippen LogP contribution >= 0.6 is 11.8 Å². The van der Waals surface area contributed by atoms with Crippen molar-refractivity contribution in [2.45, 2.75) is 12.1 Å². The number of ketones is 1. The third-order valence-electron chi connectivity index (χ3n) is 4.72. The lowest BCUT2D eigenvalue weighted by Crippen LogP contribution is -2.06. The van der Waals surface area contributed by atoms with Crippen molar-refractivity contribution in [2.75, 3.05) is 12.9 Å². The molecule has 0 aliphatic carbocycles. The number of hydrogen-bond acceptors (Lipinski definition) is 6. The van der Waals surface area contributed by atoms with Gasteiger partial charge in [-0.1, -0.05) is 30.0 Å². The number of pyridine rings is 1. The van der Waals surface area contributed by atoms with Crippen LogP contribution in [0.25, 0.3) is 17.1 Å². The van der Waals surface area contributed by atoms with Crippen molar-refractivity contribution in [2.24, 2.45) is 0 Å². The average molecular weight is 434 g/mol. The van der Waals surface area contributed by atoms with Gasteiger partial charge in [0.1, 0.15) is 0 Å². The molecule has 8 heteroatoms. The molecule has 4 aromatic rings. The number of thioether (sulfide) groups is 1. The first kappa shape index (κ1) is 20.7. The topological polar surface area (TPSA) is 69.9 Å². The van der Waals surface area contributed by atoms with Crippen molar-refractivity contribution in [1.82, 2.24) is 19.7 Å². The molecule has 0 saturated carbocycles. The van der Waals surface area contributed by atoms with Gasteiger partial charge in [0, 0.05) is 23.5 Å². The average Bonchev–Trinajstić information content (AvgIpc) is 3.22. The molecule has 2 heterocycles. The number of rotatable bonds is 7. The summed E-state index contributed by atoms with van der Waals surface area (Å²) in [6.07, 6.45) is 3.42. The minimum atomic E-state index is -0.569. The standard InChI is InChI=1S/C23H19FN4O2S/c1-15-6-3-4-8-19(15)28-22(17-7-5-11-25-13-17)26-27-23(28)31-14-20(29)16-9-10-21(30-2)18(24)12-16/h3-13H,14H2,1-2H3.